The lowest BCUT2D eigenvalue weighted by Gasteiger charge is -2.31. The fraction of sp³-hybridized carbons (Fsp3) is 0.364. The Labute approximate surface area is 165 Å². The second kappa shape index (κ2) is 9.09. The molecule has 0 unspecified atom stereocenters. The number of nitrogens with zero attached hydrogens (tertiary/aromatic N) is 1. The summed E-state index contributed by atoms with van der Waals surface area (Å²) >= 11 is 1.60. The van der Waals surface area contributed by atoms with Gasteiger partial charge < -0.3 is 10.2 Å². The van der Waals surface area contributed by atoms with Crippen LogP contribution in [0.5, 0.6) is 0 Å². The summed E-state index contributed by atoms with van der Waals surface area (Å²) in [6.45, 7) is 5.46. The smallest absolute Gasteiger partial charge is 0.232 e. The summed E-state index contributed by atoms with van der Waals surface area (Å²) in [6, 6.07) is 15.8. The van der Waals surface area contributed by atoms with E-state index in [0.29, 0.717) is 18.8 Å². The molecule has 5 heteroatoms. The first kappa shape index (κ1) is 19.5. The summed E-state index contributed by atoms with van der Waals surface area (Å²) in [5.41, 5.74) is 3.27. The second-order valence-electron chi connectivity index (χ2n) is 7.07. The normalized spacial score (nSPS) is 14.8. The Kier molecular flexibility index (Phi) is 6.56. The minimum absolute atomic E-state index is 0.0266. The molecule has 1 saturated heterocycles. The predicted molar refractivity (Wildman–Crippen MR) is 111 cm³/mol. The number of amides is 2. The van der Waals surface area contributed by atoms with Crippen molar-refractivity contribution in [3.8, 4) is 0 Å². The van der Waals surface area contributed by atoms with Crippen molar-refractivity contribution in [2.24, 2.45) is 5.92 Å². The highest BCUT2D eigenvalue weighted by Gasteiger charge is 2.27. The number of para-hydroxylation sites is 1. The molecular formula is C22H26N2O2S. The Morgan fingerprint density at radius 1 is 1.07 bits per heavy atom. The number of carbonyl (C=O) groups excluding carboxylic acids is 2. The van der Waals surface area contributed by atoms with Crippen molar-refractivity contribution in [2.45, 2.75) is 31.6 Å². The maximum Gasteiger partial charge on any atom is 0.232 e. The van der Waals surface area contributed by atoms with Crippen molar-refractivity contribution in [3.05, 3.63) is 59.7 Å². The van der Waals surface area contributed by atoms with Crippen molar-refractivity contribution < 1.29 is 9.59 Å². The van der Waals surface area contributed by atoms with Gasteiger partial charge in [0.05, 0.1) is 5.75 Å². The van der Waals surface area contributed by atoms with Crippen molar-refractivity contribution >= 4 is 29.3 Å². The third-order valence-electron chi connectivity index (χ3n) is 4.94. The molecule has 0 spiro atoms. The summed E-state index contributed by atoms with van der Waals surface area (Å²) in [4.78, 5) is 28.0. The van der Waals surface area contributed by atoms with Gasteiger partial charge in [-0.05, 0) is 50.5 Å². The fourth-order valence-corrected chi connectivity index (χ4v) is 4.26. The first-order valence-corrected chi connectivity index (χ1v) is 10.4. The topological polar surface area (TPSA) is 49.4 Å². The zero-order valence-corrected chi connectivity index (χ0v) is 16.7. The highest BCUT2D eigenvalue weighted by atomic mass is 32.2. The van der Waals surface area contributed by atoms with Crippen LogP contribution in [0.1, 0.15) is 24.0 Å². The first-order chi connectivity index (χ1) is 13.0. The van der Waals surface area contributed by atoms with Crippen molar-refractivity contribution in [3.63, 3.8) is 0 Å². The number of hydrogen-bond acceptors (Lipinski definition) is 3. The molecular weight excluding hydrogens is 356 g/mol. The van der Waals surface area contributed by atoms with Gasteiger partial charge in [0.15, 0.2) is 0 Å². The Balaban J connectivity index is 1.45. The van der Waals surface area contributed by atoms with Crippen LogP contribution in [0.15, 0.2) is 53.4 Å². The molecule has 27 heavy (non-hydrogen) atoms. The number of thioether (sulfide) groups is 1. The van der Waals surface area contributed by atoms with Gasteiger partial charge in [-0.2, -0.15) is 0 Å². The molecule has 0 atom stereocenters. The van der Waals surface area contributed by atoms with E-state index >= 15 is 0 Å². The molecule has 0 saturated carbocycles. The van der Waals surface area contributed by atoms with Gasteiger partial charge in [-0.25, -0.2) is 0 Å². The lowest BCUT2D eigenvalue weighted by atomic mass is 9.96. The zero-order valence-electron chi connectivity index (χ0n) is 15.9. The highest BCUT2D eigenvalue weighted by Crippen LogP contribution is 2.25. The monoisotopic (exact) mass is 382 g/mol. The van der Waals surface area contributed by atoms with Gasteiger partial charge in [-0.15, -0.1) is 11.8 Å². The number of nitrogens with one attached hydrogen (secondary N) is 1. The van der Waals surface area contributed by atoms with Crippen LogP contribution in [-0.2, 0) is 9.59 Å². The summed E-state index contributed by atoms with van der Waals surface area (Å²) in [6.07, 6.45) is 1.44. The van der Waals surface area contributed by atoms with Crippen LogP contribution in [-0.4, -0.2) is 35.6 Å². The molecule has 1 aliphatic rings. The van der Waals surface area contributed by atoms with Gasteiger partial charge in [-0.1, -0.05) is 35.9 Å². The number of benzene rings is 2. The molecule has 2 aromatic rings. The largest absolute Gasteiger partial charge is 0.342 e. The van der Waals surface area contributed by atoms with Crippen molar-refractivity contribution in [1.29, 1.82) is 0 Å². The lowest BCUT2D eigenvalue weighted by molar-refractivity contribution is -0.132. The maximum atomic E-state index is 12.5. The number of piperidine rings is 1. The van der Waals surface area contributed by atoms with E-state index in [9.17, 15) is 9.59 Å². The van der Waals surface area contributed by atoms with E-state index in [-0.39, 0.29) is 17.7 Å². The molecule has 2 aromatic carbocycles. The summed E-state index contributed by atoms with van der Waals surface area (Å²) in [5, 5.41) is 2.97. The van der Waals surface area contributed by atoms with Crippen molar-refractivity contribution in [2.75, 3.05) is 24.2 Å². The van der Waals surface area contributed by atoms with E-state index in [1.165, 1.54) is 11.1 Å². The van der Waals surface area contributed by atoms with E-state index in [0.717, 1.165) is 23.4 Å². The number of likely N-dealkylation sites (tertiary alicyclic amines) is 1. The molecule has 2 amide bonds. The van der Waals surface area contributed by atoms with Gasteiger partial charge >= 0.3 is 0 Å². The fourth-order valence-electron chi connectivity index (χ4n) is 3.35. The van der Waals surface area contributed by atoms with Gasteiger partial charge in [0.25, 0.3) is 0 Å². The van der Waals surface area contributed by atoms with E-state index in [1.807, 2.05) is 35.2 Å². The summed E-state index contributed by atoms with van der Waals surface area (Å²) in [7, 11) is 0. The Bertz CT molecular complexity index is 799. The number of anilines is 1. The van der Waals surface area contributed by atoms with Gasteiger partial charge in [-0.3, -0.25) is 9.59 Å². The summed E-state index contributed by atoms with van der Waals surface area (Å²) < 4.78 is 0. The standard InChI is InChI=1S/C22H26N2O2S/c1-16-8-9-20(17(2)14-16)27-15-21(25)24-12-10-18(11-13-24)22(26)23-19-6-4-3-5-7-19/h3-9,14,18H,10-13,15H2,1-2H3,(H,23,26). The Hall–Kier alpha value is -2.27. The van der Waals surface area contributed by atoms with Gasteiger partial charge in [0.2, 0.25) is 11.8 Å². The molecule has 1 fully saturated rings. The molecule has 3 rings (SSSR count). The Morgan fingerprint density at radius 3 is 2.44 bits per heavy atom. The number of aryl methyl sites for hydroxylation is 2. The predicted octanol–water partition coefficient (Wildman–Crippen LogP) is 4.27. The van der Waals surface area contributed by atoms with Crippen molar-refractivity contribution in [1.82, 2.24) is 4.90 Å². The molecule has 0 bridgehead atoms. The van der Waals surface area contributed by atoms with Gasteiger partial charge in [0, 0.05) is 29.6 Å². The van der Waals surface area contributed by atoms with Crippen LogP contribution in [0.25, 0.3) is 0 Å². The first-order valence-electron chi connectivity index (χ1n) is 9.36. The second-order valence-corrected chi connectivity index (χ2v) is 8.09. The minimum atomic E-state index is -0.0266. The minimum Gasteiger partial charge on any atom is -0.342 e. The third kappa shape index (κ3) is 5.36. The Morgan fingerprint density at radius 2 is 1.78 bits per heavy atom. The number of rotatable bonds is 5. The average molecular weight is 383 g/mol. The van der Waals surface area contributed by atoms with Crippen LogP contribution in [0.4, 0.5) is 5.69 Å². The molecule has 0 radical (unpaired) electrons. The molecule has 1 aliphatic heterocycles. The molecule has 142 valence electrons. The van der Waals surface area contributed by atoms with Crippen LogP contribution < -0.4 is 5.32 Å². The van der Waals surface area contributed by atoms with E-state index in [1.54, 1.807) is 11.8 Å². The number of hydrogen-bond donors (Lipinski definition) is 1. The van der Waals surface area contributed by atoms with Gasteiger partial charge in [0.1, 0.15) is 0 Å². The maximum absolute atomic E-state index is 12.5. The van der Waals surface area contributed by atoms with Crippen LogP contribution >= 0.6 is 11.8 Å². The molecule has 1 N–H and O–H groups in total. The molecule has 1 heterocycles. The van der Waals surface area contributed by atoms with E-state index in [2.05, 4.69) is 37.4 Å². The zero-order chi connectivity index (χ0) is 19.2. The average Bonchev–Trinajstić information content (AvgIpc) is 2.68. The van der Waals surface area contributed by atoms with E-state index in [4.69, 9.17) is 0 Å². The highest BCUT2D eigenvalue weighted by molar-refractivity contribution is 8.00. The van der Waals surface area contributed by atoms with Crippen LogP contribution in [0, 0.1) is 19.8 Å². The molecule has 0 aliphatic carbocycles. The third-order valence-corrected chi connectivity index (χ3v) is 6.10. The SMILES string of the molecule is Cc1ccc(SCC(=O)N2CCC(C(=O)Nc3ccccc3)CC2)c(C)c1. The quantitative estimate of drug-likeness (QED) is 0.786. The van der Waals surface area contributed by atoms with Crippen LogP contribution in [0.2, 0.25) is 0 Å². The summed E-state index contributed by atoms with van der Waals surface area (Å²) in [5.74, 6) is 0.631. The number of carbonyl (C=O) groups is 2. The molecule has 0 aromatic heterocycles. The lowest BCUT2D eigenvalue weighted by Crippen LogP contribution is -2.42. The van der Waals surface area contributed by atoms with E-state index < -0.39 is 0 Å². The molecule has 4 nitrogen and oxygen atoms in total. The van der Waals surface area contributed by atoms with Crippen LogP contribution in [0.3, 0.4) is 0 Å².